The van der Waals surface area contributed by atoms with Gasteiger partial charge in [0, 0.05) is 24.5 Å². The van der Waals surface area contributed by atoms with Crippen LogP contribution < -0.4 is 5.32 Å². The Morgan fingerprint density at radius 2 is 2.06 bits per heavy atom. The topological polar surface area (TPSA) is 29.9 Å². The third-order valence-electron chi connectivity index (χ3n) is 2.87. The van der Waals surface area contributed by atoms with Gasteiger partial charge >= 0.3 is 0 Å². The van der Waals surface area contributed by atoms with Gasteiger partial charge in [0.1, 0.15) is 5.82 Å². The second kappa shape index (κ2) is 6.04. The molecule has 1 aromatic heterocycles. The van der Waals surface area contributed by atoms with Gasteiger partial charge in [0.2, 0.25) is 0 Å². The molecule has 0 aliphatic carbocycles. The van der Waals surface area contributed by atoms with Crippen LogP contribution in [-0.4, -0.2) is 15.1 Å². The molecule has 3 heteroatoms. The first-order valence-electron chi connectivity index (χ1n) is 6.34. The van der Waals surface area contributed by atoms with Crippen LogP contribution in [0.3, 0.4) is 0 Å². The molecule has 1 aromatic rings. The first-order chi connectivity index (χ1) is 7.59. The van der Waals surface area contributed by atoms with E-state index >= 15 is 0 Å². The molecule has 0 aliphatic heterocycles. The summed E-state index contributed by atoms with van der Waals surface area (Å²) >= 11 is 0. The van der Waals surface area contributed by atoms with Crippen molar-refractivity contribution in [2.45, 2.75) is 65.6 Å². The minimum atomic E-state index is 0.206. The highest BCUT2D eigenvalue weighted by atomic mass is 15.1. The second-order valence-electron chi connectivity index (χ2n) is 5.02. The zero-order valence-electron chi connectivity index (χ0n) is 11.1. The van der Waals surface area contributed by atoms with Crippen molar-refractivity contribution in [1.29, 1.82) is 0 Å². The summed E-state index contributed by atoms with van der Waals surface area (Å²) in [5, 5.41) is 3.58. The van der Waals surface area contributed by atoms with Crippen molar-refractivity contribution >= 4 is 0 Å². The Morgan fingerprint density at radius 1 is 1.31 bits per heavy atom. The Hall–Kier alpha value is -0.830. The number of hydrogen-bond acceptors (Lipinski definition) is 2. The fourth-order valence-corrected chi connectivity index (χ4v) is 1.98. The summed E-state index contributed by atoms with van der Waals surface area (Å²) in [6, 6.07) is 0. The zero-order valence-corrected chi connectivity index (χ0v) is 11.1. The Balaban J connectivity index is 2.50. The Kier molecular flexibility index (Phi) is 5.00. The number of aromatic nitrogens is 2. The summed E-state index contributed by atoms with van der Waals surface area (Å²) < 4.78 is 2.23. The molecule has 0 saturated carbocycles. The van der Waals surface area contributed by atoms with Crippen LogP contribution in [0.2, 0.25) is 0 Å². The summed E-state index contributed by atoms with van der Waals surface area (Å²) in [7, 11) is 0. The van der Waals surface area contributed by atoms with Gasteiger partial charge in [0.15, 0.2) is 0 Å². The van der Waals surface area contributed by atoms with Crippen molar-refractivity contribution in [2.75, 3.05) is 0 Å². The van der Waals surface area contributed by atoms with Crippen LogP contribution in [0.15, 0.2) is 12.4 Å². The maximum atomic E-state index is 4.40. The Morgan fingerprint density at radius 3 is 2.69 bits per heavy atom. The first kappa shape index (κ1) is 13.2. The highest BCUT2D eigenvalue weighted by Crippen LogP contribution is 2.11. The monoisotopic (exact) mass is 223 g/mol. The molecule has 0 atom stereocenters. The number of imidazole rings is 1. The van der Waals surface area contributed by atoms with E-state index in [4.69, 9.17) is 0 Å². The molecule has 0 bridgehead atoms. The smallest absolute Gasteiger partial charge is 0.122 e. The van der Waals surface area contributed by atoms with E-state index in [0.717, 1.165) is 25.3 Å². The van der Waals surface area contributed by atoms with Gasteiger partial charge < -0.3 is 9.88 Å². The number of nitrogens with one attached hydrogen (secondary N) is 1. The summed E-state index contributed by atoms with van der Waals surface area (Å²) in [5.41, 5.74) is 0.206. The standard InChI is InChI=1S/C13H25N3/c1-5-7-13(3,4)15-11-12-14-8-10-16(12)9-6-2/h8,10,15H,5-7,9,11H2,1-4H3. The highest BCUT2D eigenvalue weighted by molar-refractivity contribution is 4.93. The fourth-order valence-electron chi connectivity index (χ4n) is 1.98. The van der Waals surface area contributed by atoms with E-state index in [0.29, 0.717) is 0 Å². The van der Waals surface area contributed by atoms with E-state index in [1.54, 1.807) is 0 Å². The van der Waals surface area contributed by atoms with E-state index in [9.17, 15) is 0 Å². The van der Waals surface area contributed by atoms with E-state index in [-0.39, 0.29) is 5.54 Å². The van der Waals surface area contributed by atoms with Crippen LogP contribution >= 0.6 is 0 Å². The van der Waals surface area contributed by atoms with Crippen molar-refractivity contribution in [3.05, 3.63) is 18.2 Å². The molecule has 0 unspecified atom stereocenters. The average Bonchev–Trinajstić information content (AvgIpc) is 2.63. The van der Waals surface area contributed by atoms with Crippen LogP contribution in [0.5, 0.6) is 0 Å². The van der Waals surface area contributed by atoms with Gasteiger partial charge in [0.05, 0.1) is 6.54 Å². The molecule has 16 heavy (non-hydrogen) atoms. The van der Waals surface area contributed by atoms with Gasteiger partial charge in [-0.1, -0.05) is 20.3 Å². The SMILES string of the molecule is CCCn1ccnc1CNC(C)(C)CCC. The van der Waals surface area contributed by atoms with Crippen molar-refractivity contribution < 1.29 is 0 Å². The minimum Gasteiger partial charge on any atom is -0.334 e. The molecule has 3 nitrogen and oxygen atoms in total. The van der Waals surface area contributed by atoms with Crippen molar-refractivity contribution in [3.8, 4) is 0 Å². The number of rotatable bonds is 7. The Labute approximate surface area is 99.3 Å². The highest BCUT2D eigenvalue weighted by Gasteiger charge is 2.16. The molecule has 0 spiro atoms. The summed E-state index contributed by atoms with van der Waals surface area (Å²) in [4.78, 5) is 4.40. The van der Waals surface area contributed by atoms with E-state index in [1.807, 2.05) is 6.20 Å². The molecule has 0 radical (unpaired) electrons. The zero-order chi connectivity index (χ0) is 12.0. The molecule has 0 fully saturated rings. The maximum Gasteiger partial charge on any atom is 0.122 e. The molecule has 0 amide bonds. The molecular formula is C13H25N3. The number of hydrogen-bond donors (Lipinski definition) is 1. The molecule has 0 aliphatic rings. The predicted octanol–water partition coefficient (Wildman–Crippen LogP) is 2.96. The minimum absolute atomic E-state index is 0.206. The van der Waals surface area contributed by atoms with Crippen LogP contribution in [0.1, 0.15) is 52.8 Å². The molecule has 1 heterocycles. The third kappa shape index (κ3) is 3.97. The molecule has 0 saturated heterocycles. The quantitative estimate of drug-likeness (QED) is 0.770. The number of nitrogens with zero attached hydrogens (tertiary/aromatic N) is 2. The third-order valence-corrected chi connectivity index (χ3v) is 2.87. The maximum absolute atomic E-state index is 4.40. The molecular weight excluding hydrogens is 198 g/mol. The van der Waals surface area contributed by atoms with Crippen LogP contribution in [0.25, 0.3) is 0 Å². The lowest BCUT2D eigenvalue weighted by Crippen LogP contribution is -2.39. The summed E-state index contributed by atoms with van der Waals surface area (Å²) in [5.74, 6) is 1.14. The van der Waals surface area contributed by atoms with Crippen LogP contribution in [0.4, 0.5) is 0 Å². The predicted molar refractivity (Wildman–Crippen MR) is 68.3 cm³/mol. The first-order valence-corrected chi connectivity index (χ1v) is 6.34. The lowest BCUT2D eigenvalue weighted by atomic mass is 9.99. The molecule has 1 rings (SSSR count). The van der Waals surface area contributed by atoms with Crippen molar-refractivity contribution in [3.63, 3.8) is 0 Å². The van der Waals surface area contributed by atoms with Crippen LogP contribution in [0, 0.1) is 0 Å². The van der Waals surface area contributed by atoms with Gasteiger partial charge in [-0.25, -0.2) is 4.98 Å². The lowest BCUT2D eigenvalue weighted by molar-refractivity contribution is 0.349. The lowest BCUT2D eigenvalue weighted by Gasteiger charge is -2.25. The van der Waals surface area contributed by atoms with E-state index in [1.165, 1.54) is 12.8 Å². The largest absolute Gasteiger partial charge is 0.334 e. The average molecular weight is 223 g/mol. The van der Waals surface area contributed by atoms with E-state index in [2.05, 4.69) is 48.8 Å². The van der Waals surface area contributed by atoms with Gasteiger partial charge in [-0.15, -0.1) is 0 Å². The van der Waals surface area contributed by atoms with E-state index < -0.39 is 0 Å². The normalized spacial score (nSPS) is 12.0. The second-order valence-corrected chi connectivity index (χ2v) is 5.02. The van der Waals surface area contributed by atoms with Crippen molar-refractivity contribution in [2.24, 2.45) is 0 Å². The van der Waals surface area contributed by atoms with Gasteiger partial charge in [-0.2, -0.15) is 0 Å². The molecule has 1 N–H and O–H groups in total. The Bertz CT molecular complexity index is 302. The summed E-state index contributed by atoms with van der Waals surface area (Å²) in [6.45, 7) is 10.8. The van der Waals surface area contributed by atoms with Crippen molar-refractivity contribution in [1.82, 2.24) is 14.9 Å². The fraction of sp³-hybridized carbons (Fsp3) is 0.769. The number of aryl methyl sites for hydroxylation is 1. The van der Waals surface area contributed by atoms with Gasteiger partial charge in [-0.3, -0.25) is 0 Å². The van der Waals surface area contributed by atoms with Gasteiger partial charge in [-0.05, 0) is 26.7 Å². The summed E-state index contributed by atoms with van der Waals surface area (Å²) in [6.07, 6.45) is 7.51. The van der Waals surface area contributed by atoms with Gasteiger partial charge in [0.25, 0.3) is 0 Å². The molecule has 92 valence electrons. The van der Waals surface area contributed by atoms with Crippen LogP contribution in [-0.2, 0) is 13.1 Å². The molecule has 0 aromatic carbocycles.